The van der Waals surface area contributed by atoms with Crippen molar-refractivity contribution in [2.45, 2.75) is 11.8 Å². The van der Waals surface area contributed by atoms with E-state index < -0.39 is 31.9 Å². The number of ether oxygens (including phenoxy) is 1. The highest BCUT2D eigenvalue weighted by atomic mass is 32.2. The highest BCUT2D eigenvalue weighted by Gasteiger charge is 2.31. The highest BCUT2D eigenvalue weighted by Crippen LogP contribution is 2.32. The summed E-state index contributed by atoms with van der Waals surface area (Å²) in [6.45, 7) is 1.59. The van der Waals surface area contributed by atoms with E-state index in [1.54, 1.807) is 47.9 Å². The number of fused-ring (bicyclic) bond motifs is 3. The zero-order valence-electron chi connectivity index (χ0n) is 15.7. The first-order chi connectivity index (χ1) is 13.8. The molecule has 0 aliphatic rings. The van der Waals surface area contributed by atoms with Crippen molar-refractivity contribution in [3.8, 4) is 5.69 Å². The molecule has 0 N–H and O–H groups in total. The number of aromatic nitrogens is 1. The number of hydrogen-bond acceptors (Lipinski definition) is 6. The minimum Gasteiger partial charge on any atom is -0.460 e. The van der Waals surface area contributed by atoms with Crippen LogP contribution in [0.15, 0.2) is 68.7 Å². The minimum absolute atomic E-state index is 0.00948. The van der Waals surface area contributed by atoms with E-state index in [4.69, 9.17) is 9.15 Å². The maximum atomic E-state index is 13.4. The molecule has 0 radical (unpaired) electrons. The minimum atomic E-state index is -4.08. The van der Waals surface area contributed by atoms with Crippen LogP contribution in [0.4, 0.5) is 0 Å². The summed E-state index contributed by atoms with van der Waals surface area (Å²) in [5, 5.41) is 0.578. The van der Waals surface area contributed by atoms with Gasteiger partial charge in [-0.05, 0) is 31.2 Å². The van der Waals surface area contributed by atoms with Gasteiger partial charge in [0.25, 0.3) is 0 Å². The summed E-state index contributed by atoms with van der Waals surface area (Å²) in [5.74, 6) is -1.61. The lowest BCUT2D eigenvalue weighted by Crippen LogP contribution is -2.22. The molecule has 0 aliphatic heterocycles. The molecule has 0 spiro atoms. The Labute approximate surface area is 166 Å². The molecule has 0 bridgehead atoms. The molecule has 2 aromatic carbocycles. The van der Waals surface area contributed by atoms with E-state index in [2.05, 4.69) is 0 Å². The predicted molar refractivity (Wildman–Crippen MR) is 108 cm³/mol. The van der Waals surface area contributed by atoms with Crippen molar-refractivity contribution in [3.63, 3.8) is 0 Å². The fraction of sp³-hybridized carbons (Fsp3) is 0.143. The molecule has 29 heavy (non-hydrogen) atoms. The van der Waals surface area contributed by atoms with Gasteiger partial charge in [-0.15, -0.1) is 0 Å². The predicted octanol–water partition coefficient (Wildman–Crippen LogP) is 3.32. The molecule has 7 nitrogen and oxygen atoms in total. The third-order valence-corrected chi connectivity index (χ3v) is 5.62. The Kier molecular flexibility index (Phi) is 4.50. The zero-order valence-corrected chi connectivity index (χ0v) is 16.5. The van der Waals surface area contributed by atoms with Crippen molar-refractivity contribution in [1.82, 2.24) is 4.57 Å². The quantitative estimate of drug-likeness (QED) is 0.478. The number of para-hydroxylation sites is 2. The molecule has 0 fully saturated rings. The van der Waals surface area contributed by atoms with E-state index >= 15 is 0 Å². The number of sulfone groups is 1. The van der Waals surface area contributed by atoms with E-state index in [0.29, 0.717) is 16.6 Å². The first kappa shape index (κ1) is 18.9. The number of carbonyl (C=O) groups excluding carboxylic acids is 1. The Balaban J connectivity index is 2.26. The molecule has 2 heterocycles. The fourth-order valence-electron chi connectivity index (χ4n) is 3.39. The Morgan fingerprint density at radius 3 is 2.38 bits per heavy atom. The second-order valence-electron chi connectivity index (χ2n) is 6.45. The van der Waals surface area contributed by atoms with Crippen LogP contribution < -0.4 is 5.43 Å². The van der Waals surface area contributed by atoms with Gasteiger partial charge >= 0.3 is 5.97 Å². The van der Waals surface area contributed by atoms with Gasteiger partial charge in [0, 0.05) is 17.3 Å². The van der Waals surface area contributed by atoms with Gasteiger partial charge in [-0.3, -0.25) is 4.79 Å². The summed E-state index contributed by atoms with van der Waals surface area (Å²) in [6.07, 6.45) is 0.864. The number of nitrogens with zero attached hydrogens (tertiary/aromatic N) is 1. The zero-order chi connectivity index (χ0) is 20.8. The van der Waals surface area contributed by atoms with Crippen LogP contribution >= 0.6 is 0 Å². The summed E-state index contributed by atoms with van der Waals surface area (Å²) in [7, 11) is -4.08. The Hall–Kier alpha value is -3.39. The van der Waals surface area contributed by atoms with Crippen molar-refractivity contribution >= 4 is 37.8 Å². The van der Waals surface area contributed by atoms with Crippen LogP contribution in [-0.2, 0) is 14.6 Å². The fourth-order valence-corrected chi connectivity index (χ4v) is 4.29. The summed E-state index contributed by atoms with van der Waals surface area (Å²) in [4.78, 5) is 25.1. The molecule has 0 saturated heterocycles. The summed E-state index contributed by atoms with van der Waals surface area (Å²) in [5.41, 5.74) is 0.678. The average Bonchev–Trinajstić information content (AvgIpc) is 3.02. The number of carbonyl (C=O) groups is 1. The van der Waals surface area contributed by atoms with E-state index in [1.165, 1.54) is 0 Å². The number of rotatable bonds is 4. The first-order valence-corrected chi connectivity index (χ1v) is 10.8. The molecule has 8 heteroatoms. The van der Waals surface area contributed by atoms with Crippen molar-refractivity contribution in [1.29, 1.82) is 0 Å². The van der Waals surface area contributed by atoms with Crippen LogP contribution in [0, 0.1) is 0 Å². The molecule has 0 aliphatic carbocycles. The lowest BCUT2D eigenvalue weighted by atomic mass is 10.2. The van der Waals surface area contributed by atoms with Gasteiger partial charge in [0.15, 0.2) is 20.3 Å². The van der Waals surface area contributed by atoms with Crippen molar-refractivity contribution in [3.05, 3.63) is 70.6 Å². The molecule has 2 aromatic heterocycles. The number of esters is 1. The van der Waals surface area contributed by atoms with Crippen LogP contribution in [0.1, 0.15) is 17.5 Å². The smallest absolute Gasteiger partial charge is 0.375 e. The molecule has 0 saturated carbocycles. The van der Waals surface area contributed by atoms with Crippen LogP contribution in [0.5, 0.6) is 0 Å². The average molecular weight is 411 g/mol. The van der Waals surface area contributed by atoms with Gasteiger partial charge in [0.05, 0.1) is 12.1 Å². The van der Waals surface area contributed by atoms with Gasteiger partial charge in [-0.1, -0.05) is 30.3 Å². The van der Waals surface area contributed by atoms with E-state index in [0.717, 1.165) is 6.26 Å². The topological polar surface area (TPSA) is 95.6 Å². The number of hydrogen-bond donors (Lipinski definition) is 0. The largest absolute Gasteiger partial charge is 0.460 e. The van der Waals surface area contributed by atoms with Crippen molar-refractivity contribution in [2.24, 2.45) is 0 Å². The lowest BCUT2D eigenvalue weighted by molar-refractivity contribution is 0.0483. The molecular weight excluding hydrogens is 394 g/mol. The molecule has 0 unspecified atom stereocenters. The standard InChI is InChI=1S/C21H17NO6S/c1-3-27-21(24)19-20(29(2,25)26)17(23)16-18(28-19)14-11-7-8-12-15(14)22(16)13-9-5-4-6-10-13/h4-12H,3H2,1-2H3. The Bertz CT molecular complexity index is 1410. The van der Waals surface area contributed by atoms with Crippen LogP contribution in [-0.4, -0.2) is 31.8 Å². The third kappa shape index (κ3) is 3.01. The maximum Gasteiger partial charge on any atom is 0.375 e. The monoisotopic (exact) mass is 411 g/mol. The molecule has 0 amide bonds. The highest BCUT2D eigenvalue weighted by molar-refractivity contribution is 7.90. The summed E-state index contributed by atoms with van der Waals surface area (Å²) in [6, 6.07) is 16.1. The van der Waals surface area contributed by atoms with Gasteiger partial charge < -0.3 is 13.7 Å². The second-order valence-corrected chi connectivity index (χ2v) is 8.40. The Morgan fingerprint density at radius 1 is 1.07 bits per heavy atom. The maximum absolute atomic E-state index is 13.4. The van der Waals surface area contributed by atoms with Crippen LogP contribution in [0.3, 0.4) is 0 Å². The molecule has 4 aromatic rings. The molecule has 148 valence electrons. The number of benzene rings is 2. The van der Waals surface area contributed by atoms with Crippen molar-refractivity contribution in [2.75, 3.05) is 12.9 Å². The van der Waals surface area contributed by atoms with E-state index in [-0.39, 0.29) is 17.7 Å². The van der Waals surface area contributed by atoms with Crippen LogP contribution in [0.2, 0.25) is 0 Å². The lowest BCUT2D eigenvalue weighted by Gasteiger charge is -2.09. The summed E-state index contributed by atoms with van der Waals surface area (Å²) < 4.78 is 37.1. The molecule has 0 atom stereocenters. The van der Waals surface area contributed by atoms with Gasteiger partial charge in [0.1, 0.15) is 5.52 Å². The van der Waals surface area contributed by atoms with Gasteiger partial charge in [0.2, 0.25) is 11.2 Å². The van der Waals surface area contributed by atoms with Gasteiger partial charge in [-0.25, -0.2) is 13.2 Å². The van der Waals surface area contributed by atoms with Crippen LogP contribution in [0.25, 0.3) is 27.7 Å². The second kappa shape index (κ2) is 6.89. The normalized spacial score (nSPS) is 11.8. The van der Waals surface area contributed by atoms with Gasteiger partial charge in [-0.2, -0.15) is 0 Å². The van der Waals surface area contributed by atoms with E-state index in [9.17, 15) is 18.0 Å². The summed E-state index contributed by atoms with van der Waals surface area (Å²) >= 11 is 0. The van der Waals surface area contributed by atoms with E-state index in [1.807, 2.05) is 18.2 Å². The SMILES string of the molecule is CCOC(=O)c1oc2c3ccccc3n(-c3ccccc3)c2c(=O)c1S(C)(=O)=O. The third-order valence-electron chi connectivity index (χ3n) is 4.51. The Morgan fingerprint density at radius 2 is 1.72 bits per heavy atom. The molecular formula is C21H17NO6S. The molecule has 4 rings (SSSR count). The van der Waals surface area contributed by atoms with Crippen molar-refractivity contribution < 1.29 is 22.4 Å². The first-order valence-electron chi connectivity index (χ1n) is 8.87.